The minimum Gasteiger partial charge on any atom is -0.351 e. The van der Waals surface area contributed by atoms with E-state index in [0.29, 0.717) is 44.9 Å². The molecule has 1 aromatic heterocycles. The molecule has 2 aliphatic heterocycles. The van der Waals surface area contributed by atoms with E-state index in [1.807, 2.05) is 24.3 Å². The van der Waals surface area contributed by atoms with Crippen molar-refractivity contribution in [3.63, 3.8) is 0 Å². The van der Waals surface area contributed by atoms with Gasteiger partial charge in [0.2, 0.25) is 0 Å². The SMILES string of the molecule is Cn1c(C(=O)NCCCN2CCCC2)cc2c3c(c(-c4ccccc4Cl)cc21)C(=O)NC3=O. The van der Waals surface area contributed by atoms with Crippen LogP contribution in [0.1, 0.15) is 50.5 Å². The van der Waals surface area contributed by atoms with Gasteiger partial charge in [0.15, 0.2) is 0 Å². The molecule has 0 unspecified atom stereocenters. The highest BCUT2D eigenvalue weighted by Gasteiger charge is 2.34. The summed E-state index contributed by atoms with van der Waals surface area (Å²) in [7, 11) is 1.79. The molecule has 170 valence electrons. The van der Waals surface area contributed by atoms with Crippen molar-refractivity contribution >= 4 is 40.2 Å². The molecule has 0 saturated carbocycles. The molecule has 5 rings (SSSR count). The van der Waals surface area contributed by atoms with E-state index in [4.69, 9.17) is 11.6 Å². The van der Waals surface area contributed by atoms with Crippen LogP contribution in [0.3, 0.4) is 0 Å². The number of halogens is 1. The number of aryl methyl sites for hydroxylation is 1. The van der Waals surface area contributed by atoms with Gasteiger partial charge >= 0.3 is 0 Å². The van der Waals surface area contributed by atoms with Crippen molar-refractivity contribution in [2.75, 3.05) is 26.2 Å². The van der Waals surface area contributed by atoms with Crippen LogP contribution in [-0.4, -0.2) is 53.4 Å². The predicted molar refractivity (Wildman–Crippen MR) is 128 cm³/mol. The monoisotopic (exact) mass is 464 g/mol. The van der Waals surface area contributed by atoms with E-state index in [-0.39, 0.29) is 11.5 Å². The second-order valence-corrected chi connectivity index (χ2v) is 9.02. The molecule has 8 heteroatoms. The first-order chi connectivity index (χ1) is 16.0. The van der Waals surface area contributed by atoms with Gasteiger partial charge in [-0.2, -0.15) is 0 Å². The lowest BCUT2D eigenvalue weighted by Gasteiger charge is -2.14. The molecule has 0 spiro atoms. The second kappa shape index (κ2) is 8.65. The number of imide groups is 1. The number of hydrogen-bond donors (Lipinski definition) is 2. The Balaban J connectivity index is 1.50. The lowest BCUT2D eigenvalue weighted by molar-refractivity contribution is 0.0878. The van der Waals surface area contributed by atoms with E-state index >= 15 is 0 Å². The summed E-state index contributed by atoms with van der Waals surface area (Å²) < 4.78 is 1.77. The predicted octanol–water partition coefficient (Wildman–Crippen LogP) is 3.60. The van der Waals surface area contributed by atoms with Gasteiger partial charge in [0.1, 0.15) is 5.69 Å². The van der Waals surface area contributed by atoms with E-state index in [1.54, 1.807) is 23.7 Å². The number of benzene rings is 2. The van der Waals surface area contributed by atoms with Crippen LogP contribution in [0.25, 0.3) is 22.0 Å². The first-order valence-corrected chi connectivity index (χ1v) is 11.6. The Kier molecular flexibility index (Phi) is 5.68. The van der Waals surface area contributed by atoms with E-state index in [9.17, 15) is 14.4 Å². The average Bonchev–Trinajstić information content (AvgIpc) is 3.50. The van der Waals surface area contributed by atoms with Gasteiger partial charge in [-0.1, -0.05) is 29.8 Å². The molecule has 3 aromatic rings. The Morgan fingerprint density at radius 3 is 2.55 bits per heavy atom. The maximum Gasteiger partial charge on any atom is 0.267 e. The molecule has 1 saturated heterocycles. The summed E-state index contributed by atoms with van der Waals surface area (Å²) in [6, 6.07) is 10.7. The molecule has 0 atom stereocenters. The molecule has 2 N–H and O–H groups in total. The van der Waals surface area contributed by atoms with E-state index in [0.717, 1.165) is 26.1 Å². The first-order valence-electron chi connectivity index (χ1n) is 11.2. The minimum absolute atomic E-state index is 0.201. The van der Waals surface area contributed by atoms with Gasteiger partial charge in [0.25, 0.3) is 17.7 Å². The number of likely N-dealkylation sites (tertiary alicyclic amines) is 1. The van der Waals surface area contributed by atoms with Gasteiger partial charge in [-0.3, -0.25) is 19.7 Å². The van der Waals surface area contributed by atoms with Crippen molar-refractivity contribution in [3.05, 3.63) is 58.2 Å². The largest absolute Gasteiger partial charge is 0.351 e. The summed E-state index contributed by atoms with van der Waals surface area (Å²) in [6.45, 7) is 3.83. The van der Waals surface area contributed by atoms with Crippen molar-refractivity contribution in [2.45, 2.75) is 19.3 Å². The first kappa shape index (κ1) is 21.7. The number of fused-ring (bicyclic) bond motifs is 3. The highest BCUT2D eigenvalue weighted by molar-refractivity contribution is 6.35. The number of rotatable bonds is 6. The summed E-state index contributed by atoms with van der Waals surface area (Å²) in [5, 5.41) is 6.45. The molecule has 0 radical (unpaired) electrons. The number of aromatic nitrogens is 1. The van der Waals surface area contributed by atoms with Crippen LogP contribution >= 0.6 is 11.6 Å². The summed E-state index contributed by atoms with van der Waals surface area (Å²) in [5.41, 5.74) is 2.95. The van der Waals surface area contributed by atoms with Gasteiger partial charge in [0.05, 0.1) is 11.1 Å². The lowest BCUT2D eigenvalue weighted by atomic mass is 9.94. The number of nitrogens with zero attached hydrogens (tertiary/aromatic N) is 2. The van der Waals surface area contributed by atoms with Crippen LogP contribution < -0.4 is 10.6 Å². The zero-order valence-corrected chi connectivity index (χ0v) is 19.2. The van der Waals surface area contributed by atoms with Crippen molar-refractivity contribution in [3.8, 4) is 11.1 Å². The molecule has 3 heterocycles. The second-order valence-electron chi connectivity index (χ2n) is 8.62. The van der Waals surface area contributed by atoms with Crippen LogP contribution in [-0.2, 0) is 7.05 Å². The summed E-state index contributed by atoms with van der Waals surface area (Å²) >= 11 is 6.42. The maximum atomic E-state index is 13.0. The standard InChI is InChI=1S/C25H25ClN4O3/c1-29-19-13-16(15-7-2-3-8-18(15)26)21-22(25(33)28-24(21)32)17(19)14-20(29)23(31)27-9-6-12-30-10-4-5-11-30/h2-3,7-8,13-14H,4-6,9-12H2,1H3,(H,27,31)(H,28,32,33). The normalized spacial score (nSPS) is 15.8. The number of nitrogens with one attached hydrogen (secondary N) is 2. The van der Waals surface area contributed by atoms with Crippen molar-refractivity contribution < 1.29 is 14.4 Å². The Hall–Kier alpha value is -3.16. The third-order valence-corrected chi connectivity index (χ3v) is 6.89. The van der Waals surface area contributed by atoms with Crippen LogP contribution in [0.2, 0.25) is 5.02 Å². The molecule has 7 nitrogen and oxygen atoms in total. The van der Waals surface area contributed by atoms with Crippen molar-refractivity contribution in [1.29, 1.82) is 0 Å². The zero-order valence-electron chi connectivity index (χ0n) is 18.4. The Morgan fingerprint density at radius 2 is 1.79 bits per heavy atom. The van der Waals surface area contributed by atoms with Gasteiger partial charge in [-0.05, 0) is 62.7 Å². The molecule has 33 heavy (non-hydrogen) atoms. The van der Waals surface area contributed by atoms with Crippen LogP contribution in [0, 0.1) is 0 Å². The topological polar surface area (TPSA) is 83.4 Å². The number of hydrogen-bond acceptors (Lipinski definition) is 4. The Bertz CT molecular complexity index is 1290. The lowest BCUT2D eigenvalue weighted by Crippen LogP contribution is -2.29. The number of amides is 3. The van der Waals surface area contributed by atoms with E-state index < -0.39 is 11.8 Å². The molecule has 0 aliphatic carbocycles. The fourth-order valence-electron chi connectivity index (χ4n) is 4.88. The fraction of sp³-hybridized carbons (Fsp3) is 0.320. The summed E-state index contributed by atoms with van der Waals surface area (Å²) in [4.78, 5) is 40.7. The average molecular weight is 465 g/mol. The molecule has 1 fully saturated rings. The van der Waals surface area contributed by atoms with Crippen molar-refractivity contribution in [1.82, 2.24) is 20.1 Å². The highest BCUT2D eigenvalue weighted by Crippen LogP contribution is 2.39. The summed E-state index contributed by atoms with van der Waals surface area (Å²) in [5.74, 6) is -1.12. The van der Waals surface area contributed by atoms with Gasteiger partial charge in [-0.25, -0.2) is 0 Å². The number of carbonyl (C=O) groups excluding carboxylic acids is 3. The fourth-order valence-corrected chi connectivity index (χ4v) is 5.12. The molecule has 3 amide bonds. The highest BCUT2D eigenvalue weighted by atomic mass is 35.5. The quantitative estimate of drug-likeness (QED) is 0.431. The number of carbonyl (C=O) groups is 3. The molecular weight excluding hydrogens is 440 g/mol. The molecular formula is C25H25ClN4O3. The molecule has 2 aliphatic rings. The minimum atomic E-state index is -0.461. The van der Waals surface area contributed by atoms with E-state index in [1.165, 1.54) is 12.8 Å². The van der Waals surface area contributed by atoms with Gasteiger partial charge in [0, 0.05) is 35.1 Å². The van der Waals surface area contributed by atoms with Gasteiger partial charge < -0.3 is 14.8 Å². The van der Waals surface area contributed by atoms with Crippen molar-refractivity contribution in [2.24, 2.45) is 7.05 Å². The third-order valence-electron chi connectivity index (χ3n) is 6.56. The van der Waals surface area contributed by atoms with E-state index in [2.05, 4.69) is 15.5 Å². The van der Waals surface area contributed by atoms with Gasteiger partial charge in [-0.15, -0.1) is 0 Å². The molecule has 0 bridgehead atoms. The Labute approximate surface area is 196 Å². The summed E-state index contributed by atoms with van der Waals surface area (Å²) in [6.07, 6.45) is 3.39. The maximum absolute atomic E-state index is 13.0. The molecule has 2 aromatic carbocycles. The van der Waals surface area contributed by atoms with Crippen LogP contribution in [0.15, 0.2) is 36.4 Å². The smallest absolute Gasteiger partial charge is 0.267 e. The zero-order chi connectivity index (χ0) is 23.1. The van der Waals surface area contributed by atoms with Crippen LogP contribution in [0.5, 0.6) is 0 Å². The van der Waals surface area contributed by atoms with Crippen LogP contribution in [0.4, 0.5) is 0 Å². The Morgan fingerprint density at radius 1 is 1.06 bits per heavy atom. The third kappa shape index (κ3) is 3.81.